The fourth-order valence-electron chi connectivity index (χ4n) is 2.86. The molecule has 0 N–H and O–H groups in total. The second kappa shape index (κ2) is 3.63. The van der Waals surface area contributed by atoms with Crippen LogP contribution in [0.4, 0.5) is 0 Å². The van der Waals surface area contributed by atoms with Gasteiger partial charge < -0.3 is 0 Å². The quantitative estimate of drug-likeness (QED) is 0.606. The second-order valence-corrected chi connectivity index (χ2v) is 6.19. The Hall–Kier alpha value is 0. The Kier molecular flexibility index (Phi) is 3.09. The van der Waals surface area contributed by atoms with Crippen LogP contribution in [-0.2, 0) is 0 Å². The third-order valence-corrected chi connectivity index (χ3v) is 4.15. The minimum atomic E-state index is 0.644. The number of hydrogen-bond donors (Lipinski definition) is 0. The normalized spacial score (nSPS) is 33.5. The monoisotopic (exact) mass is 182 g/mol. The molecule has 0 aromatic heterocycles. The highest BCUT2D eigenvalue weighted by Gasteiger charge is 2.53. The molecule has 13 heavy (non-hydrogen) atoms. The summed E-state index contributed by atoms with van der Waals surface area (Å²) >= 11 is 0. The van der Waals surface area contributed by atoms with E-state index in [9.17, 15) is 0 Å². The van der Waals surface area contributed by atoms with Crippen molar-refractivity contribution >= 4 is 0 Å². The van der Waals surface area contributed by atoms with Gasteiger partial charge in [0, 0.05) is 0 Å². The largest absolute Gasteiger partial charge is 0.0628 e. The van der Waals surface area contributed by atoms with Gasteiger partial charge in [-0.05, 0) is 41.9 Å². The highest BCUT2D eigenvalue weighted by atomic mass is 14.6. The molecule has 1 aliphatic rings. The molecule has 0 heterocycles. The van der Waals surface area contributed by atoms with Crippen LogP contribution in [0.15, 0.2) is 0 Å². The second-order valence-electron chi connectivity index (χ2n) is 6.19. The van der Waals surface area contributed by atoms with E-state index < -0.39 is 0 Å². The van der Waals surface area contributed by atoms with Gasteiger partial charge in [0.1, 0.15) is 0 Å². The molecule has 0 radical (unpaired) electrons. The lowest BCUT2D eigenvalue weighted by Gasteiger charge is -2.14. The zero-order valence-electron chi connectivity index (χ0n) is 10.2. The van der Waals surface area contributed by atoms with Crippen molar-refractivity contribution in [2.45, 2.75) is 54.4 Å². The summed E-state index contributed by atoms with van der Waals surface area (Å²) in [4.78, 5) is 0. The first-order chi connectivity index (χ1) is 5.85. The van der Waals surface area contributed by atoms with Gasteiger partial charge in [-0.1, -0.05) is 41.5 Å². The summed E-state index contributed by atoms with van der Waals surface area (Å²) in [5.74, 6) is 3.75. The highest BCUT2D eigenvalue weighted by Crippen LogP contribution is 2.60. The Morgan fingerprint density at radius 2 is 1.62 bits per heavy atom. The predicted octanol–water partition coefficient (Wildman–Crippen LogP) is 4.35. The van der Waals surface area contributed by atoms with Crippen LogP contribution in [0.25, 0.3) is 0 Å². The zero-order chi connectivity index (χ0) is 10.2. The first-order valence-electron chi connectivity index (χ1n) is 5.85. The molecule has 0 amide bonds. The lowest BCUT2D eigenvalue weighted by atomic mass is 9.92. The van der Waals surface area contributed by atoms with Gasteiger partial charge in [-0.3, -0.25) is 0 Å². The van der Waals surface area contributed by atoms with Crippen molar-refractivity contribution in [1.82, 2.24) is 0 Å². The van der Waals surface area contributed by atoms with Crippen LogP contribution in [0.1, 0.15) is 54.4 Å². The average Bonchev–Trinajstić information content (AvgIpc) is 2.37. The summed E-state index contributed by atoms with van der Waals surface area (Å²) in [7, 11) is 0. The first-order valence-corrected chi connectivity index (χ1v) is 5.85. The molecule has 3 unspecified atom stereocenters. The number of hydrogen-bond acceptors (Lipinski definition) is 0. The van der Waals surface area contributed by atoms with Gasteiger partial charge >= 0.3 is 0 Å². The van der Waals surface area contributed by atoms with Crippen molar-refractivity contribution in [3.63, 3.8) is 0 Å². The van der Waals surface area contributed by atoms with Crippen LogP contribution in [0.3, 0.4) is 0 Å². The SMILES string of the molecule is CC(C)CC(C)CC1C(C)C1(C)C. The van der Waals surface area contributed by atoms with Crippen molar-refractivity contribution in [2.24, 2.45) is 29.1 Å². The molecular weight excluding hydrogens is 156 g/mol. The van der Waals surface area contributed by atoms with Gasteiger partial charge in [-0.15, -0.1) is 0 Å². The fourth-order valence-corrected chi connectivity index (χ4v) is 2.86. The molecule has 0 heteroatoms. The maximum absolute atomic E-state index is 2.42. The minimum absolute atomic E-state index is 0.644. The van der Waals surface area contributed by atoms with Crippen molar-refractivity contribution in [3.8, 4) is 0 Å². The van der Waals surface area contributed by atoms with Crippen molar-refractivity contribution in [3.05, 3.63) is 0 Å². The van der Waals surface area contributed by atoms with E-state index in [1.165, 1.54) is 12.8 Å². The molecule has 0 aromatic carbocycles. The first kappa shape index (κ1) is 11.1. The van der Waals surface area contributed by atoms with Crippen molar-refractivity contribution in [2.75, 3.05) is 0 Å². The van der Waals surface area contributed by atoms with E-state index in [1.54, 1.807) is 0 Å². The van der Waals surface area contributed by atoms with Crippen LogP contribution in [0.5, 0.6) is 0 Å². The summed E-state index contributed by atoms with van der Waals surface area (Å²) in [6.45, 7) is 14.3. The van der Waals surface area contributed by atoms with Crippen LogP contribution < -0.4 is 0 Å². The van der Waals surface area contributed by atoms with Crippen LogP contribution in [0.2, 0.25) is 0 Å². The smallest absolute Gasteiger partial charge is 0.0295 e. The van der Waals surface area contributed by atoms with Gasteiger partial charge in [0.15, 0.2) is 0 Å². The van der Waals surface area contributed by atoms with E-state index in [0.717, 1.165) is 23.7 Å². The van der Waals surface area contributed by atoms with E-state index in [4.69, 9.17) is 0 Å². The van der Waals surface area contributed by atoms with Gasteiger partial charge in [-0.2, -0.15) is 0 Å². The van der Waals surface area contributed by atoms with E-state index in [-0.39, 0.29) is 0 Å². The molecule has 78 valence electrons. The van der Waals surface area contributed by atoms with Crippen LogP contribution in [0, 0.1) is 29.1 Å². The standard InChI is InChI=1S/C13H26/c1-9(2)7-10(3)8-12-11(4)13(12,5)6/h9-12H,7-8H2,1-6H3. The maximum atomic E-state index is 2.42. The number of rotatable bonds is 4. The topological polar surface area (TPSA) is 0 Å². The van der Waals surface area contributed by atoms with Crippen LogP contribution >= 0.6 is 0 Å². The molecule has 0 nitrogen and oxygen atoms in total. The van der Waals surface area contributed by atoms with Gasteiger partial charge in [0.25, 0.3) is 0 Å². The molecule has 1 fully saturated rings. The Balaban J connectivity index is 2.27. The van der Waals surface area contributed by atoms with Gasteiger partial charge in [-0.25, -0.2) is 0 Å². The van der Waals surface area contributed by atoms with Crippen LogP contribution in [-0.4, -0.2) is 0 Å². The fraction of sp³-hybridized carbons (Fsp3) is 1.00. The molecule has 0 aliphatic heterocycles. The predicted molar refractivity (Wildman–Crippen MR) is 59.7 cm³/mol. The summed E-state index contributed by atoms with van der Waals surface area (Å²) in [6, 6.07) is 0. The Bertz CT molecular complexity index is 167. The third-order valence-electron chi connectivity index (χ3n) is 4.15. The van der Waals surface area contributed by atoms with E-state index in [0.29, 0.717) is 5.41 Å². The highest BCUT2D eigenvalue weighted by molar-refractivity contribution is 5.02. The molecule has 0 bridgehead atoms. The average molecular weight is 182 g/mol. The summed E-state index contributed by atoms with van der Waals surface area (Å²) in [5, 5.41) is 0. The van der Waals surface area contributed by atoms with E-state index in [2.05, 4.69) is 41.5 Å². The van der Waals surface area contributed by atoms with Gasteiger partial charge in [0.2, 0.25) is 0 Å². The zero-order valence-corrected chi connectivity index (χ0v) is 10.2. The Morgan fingerprint density at radius 3 is 1.92 bits per heavy atom. The Labute approximate surface area is 84.1 Å². The molecule has 0 saturated heterocycles. The molecule has 1 saturated carbocycles. The van der Waals surface area contributed by atoms with E-state index >= 15 is 0 Å². The van der Waals surface area contributed by atoms with E-state index in [1.807, 2.05) is 0 Å². The molecule has 1 aliphatic carbocycles. The minimum Gasteiger partial charge on any atom is -0.0628 e. The van der Waals surface area contributed by atoms with Crippen molar-refractivity contribution < 1.29 is 0 Å². The lowest BCUT2D eigenvalue weighted by Crippen LogP contribution is -2.03. The van der Waals surface area contributed by atoms with Crippen molar-refractivity contribution in [1.29, 1.82) is 0 Å². The molecule has 1 rings (SSSR count). The third kappa shape index (κ3) is 2.48. The van der Waals surface area contributed by atoms with Gasteiger partial charge in [0.05, 0.1) is 0 Å². The molecule has 3 atom stereocenters. The summed E-state index contributed by atoms with van der Waals surface area (Å²) in [5.41, 5.74) is 0.644. The molecular formula is C13H26. The molecule has 0 spiro atoms. The maximum Gasteiger partial charge on any atom is -0.0295 e. The Morgan fingerprint density at radius 1 is 1.15 bits per heavy atom. The lowest BCUT2D eigenvalue weighted by molar-refractivity contribution is 0.372. The summed E-state index contributed by atoms with van der Waals surface area (Å²) < 4.78 is 0. The molecule has 0 aromatic rings. The summed E-state index contributed by atoms with van der Waals surface area (Å²) in [6.07, 6.45) is 2.85.